The van der Waals surface area contributed by atoms with Gasteiger partial charge in [-0.3, -0.25) is 0 Å². The fourth-order valence-corrected chi connectivity index (χ4v) is 1.09. The predicted molar refractivity (Wildman–Crippen MR) is 47.2 cm³/mol. The Morgan fingerprint density at radius 2 is 1.91 bits per heavy atom. The number of hydrogen-bond donors (Lipinski definition) is 0. The van der Waals surface area contributed by atoms with Crippen molar-refractivity contribution in [2.45, 2.75) is 0 Å². The number of aromatic nitrogens is 3. The van der Waals surface area contributed by atoms with Gasteiger partial charge in [0.1, 0.15) is 6.33 Å². The van der Waals surface area contributed by atoms with E-state index in [9.17, 15) is 9.59 Å². The molecule has 0 fully saturated rings. The van der Waals surface area contributed by atoms with Crippen LogP contribution in [0.15, 0.2) is 15.9 Å². The van der Waals surface area contributed by atoms with Crippen LogP contribution in [0.2, 0.25) is 0 Å². The number of halogens is 2. The maximum absolute atomic E-state index is 10.8. The average molecular weight is 310 g/mol. The topological polar surface area (TPSA) is 56.9 Å². The average Bonchev–Trinajstić information content (AvgIpc) is 1.93. The molecule has 0 unspecified atom stereocenters. The van der Waals surface area contributed by atoms with E-state index in [4.69, 9.17) is 0 Å². The van der Waals surface area contributed by atoms with Crippen LogP contribution in [-0.4, -0.2) is 63.6 Å². The third-order valence-corrected chi connectivity index (χ3v) is 1.88. The van der Waals surface area contributed by atoms with E-state index < -0.39 is 11.4 Å². The van der Waals surface area contributed by atoms with Crippen molar-refractivity contribution >= 4 is 83.7 Å². The summed E-state index contributed by atoms with van der Waals surface area (Å²) in [5, 5.41) is 0. The first kappa shape index (κ1) is 12.2. The van der Waals surface area contributed by atoms with Gasteiger partial charge in [-0.05, 0) is 0 Å². The summed E-state index contributed by atoms with van der Waals surface area (Å²) in [6.07, 6.45) is 1.09. The van der Waals surface area contributed by atoms with Gasteiger partial charge in [-0.1, -0.05) is 0 Å². The maximum atomic E-state index is 10.8. The van der Waals surface area contributed by atoms with E-state index in [1.54, 1.807) is 0 Å². The molecule has 0 aliphatic heterocycles. The maximum Gasteiger partial charge on any atom is 0.363 e. The molecule has 5 nitrogen and oxygen atoms in total. The van der Waals surface area contributed by atoms with Gasteiger partial charge in [0.2, 0.25) is 0 Å². The van der Waals surface area contributed by atoms with E-state index in [2.05, 4.69) is 37.3 Å². The summed E-state index contributed by atoms with van der Waals surface area (Å²) in [5.41, 5.74) is -1.17. The summed E-state index contributed by atoms with van der Waals surface area (Å²) in [6.45, 7) is 0. The van der Waals surface area contributed by atoms with E-state index in [0.29, 0.717) is 3.59 Å². The Hall–Kier alpha value is 1.21. The van der Waals surface area contributed by atoms with Crippen molar-refractivity contribution in [3.8, 4) is 0 Å². The summed E-state index contributed by atoms with van der Waals surface area (Å²) < 4.78 is 1.71. The quantitative estimate of drug-likeness (QED) is 0.598. The summed E-state index contributed by atoms with van der Waals surface area (Å²) in [6, 6.07) is 0. The summed E-state index contributed by atoms with van der Waals surface area (Å²) in [5.74, 6) is 0. The number of nitrogens with zero attached hydrogens (tertiary/aromatic N) is 3. The second kappa shape index (κ2) is 5.05. The summed E-state index contributed by atoms with van der Waals surface area (Å²) in [7, 11) is 0. The fourth-order valence-electron chi connectivity index (χ4n) is 0.366. The molecule has 1 aromatic rings. The normalized spacial score (nSPS) is 8.91. The van der Waals surface area contributed by atoms with Gasteiger partial charge in [0.25, 0.3) is 0 Å². The second-order valence-electron chi connectivity index (χ2n) is 1.40. The minimum atomic E-state index is -0.638. The smallest absolute Gasteiger partial charge is 0.246 e. The van der Waals surface area contributed by atoms with E-state index >= 15 is 0 Å². The SMILES string of the molecule is O=c1ncn(Br)c(=O)n1Br.[K]. The molecule has 1 rings (SSSR count). The van der Waals surface area contributed by atoms with Crippen LogP contribution in [0.1, 0.15) is 0 Å². The fraction of sp³-hybridized carbons (Fsp3) is 0. The Morgan fingerprint density at radius 3 is 2.36 bits per heavy atom. The van der Waals surface area contributed by atoms with Crippen LogP contribution in [0.3, 0.4) is 0 Å². The summed E-state index contributed by atoms with van der Waals surface area (Å²) in [4.78, 5) is 24.7. The van der Waals surface area contributed by atoms with Gasteiger partial charge in [0.15, 0.2) is 0 Å². The molecule has 0 N–H and O–H groups in total. The van der Waals surface area contributed by atoms with Gasteiger partial charge in [-0.2, -0.15) is 8.58 Å². The van der Waals surface area contributed by atoms with E-state index in [1.807, 2.05) is 0 Å². The molecule has 55 valence electrons. The molecule has 0 atom stereocenters. The van der Waals surface area contributed by atoms with Gasteiger partial charge in [0, 0.05) is 51.4 Å². The van der Waals surface area contributed by atoms with Crippen LogP contribution >= 0.6 is 32.3 Å². The van der Waals surface area contributed by atoms with Gasteiger partial charge in [-0.25, -0.2) is 13.2 Å². The molecule has 0 bridgehead atoms. The second-order valence-corrected chi connectivity index (χ2v) is 2.88. The molecule has 8 heteroatoms. The Bertz CT molecular complexity index is 358. The first-order chi connectivity index (χ1) is 4.63. The zero-order valence-electron chi connectivity index (χ0n) is 5.49. The molecule has 0 spiro atoms. The minimum absolute atomic E-state index is 0. The van der Waals surface area contributed by atoms with Crippen LogP contribution in [0, 0.1) is 0 Å². The number of rotatable bonds is 0. The van der Waals surface area contributed by atoms with Crippen molar-refractivity contribution in [2.75, 3.05) is 0 Å². The van der Waals surface area contributed by atoms with Crippen molar-refractivity contribution in [1.29, 1.82) is 0 Å². The molecule has 0 saturated carbocycles. The van der Waals surface area contributed by atoms with Crippen LogP contribution < -0.4 is 11.4 Å². The Kier molecular flexibility index (Phi) is 5.60. The van der Waals surface area contributed by atoms with Crippen LogP contribution in [0.5, 0.6) is 0 Å². The van der Waals surface area contributed by atoms with Crippen molar-refractivity contribution in [1.82, 2.24) is 12.2 Å². The van der Waals surface area contributed by atoms with Crippen molar-refractivity contribution in [3.63, 3.8) is 0 Å². The Labute approximate surface area is 121 Å². The molecule has 1 heterocycles. The molecular formula is C3HBr2KN3O2. The molecule has 0 aromatic carbocycles. The largest absolute Gasteiger partial charge is 0.363 e. The van der Waals surface area contributed by atoms with Crippen molar-refractivity contribution < 1.29 is 0 Å². The van der Waals surface area contributed by atoms with Gasteiger partial charge < -0.3 is 0 Å². The molecule has 0 aliphatic rings. The third-order valence-electron chi connectivity index (χ3n) is 0.788. The molecule has 11 heavy (non-hydrogen) atoms. The summed E-state index contributed by atoms with van der Waals surface area (Å²) >= 11 is 5.54. The van der Waals surface area contributed by atoms with E-state index in [1.165, 1.54) is 0 Å². The van der Waals surface area contributed by atoms with Crippen molar-refractivity contribution in [3.05, 3.63) is 27.3 Å². The van der Waals surface area contributed by atoms with Gasteiger partial charge in [-0.15, -0.1) is 0 Å². The van der Waals surface area contributed by atoms with E-state index in [0.717, 1.165) is 9.92 Å². The molecular weight excluding hydrogens is 309 g/mol. The monoisotopic (exact) mass is 308 g/mol. The molecule has 0 saturated heterocycles. The Balaban J connectivity index is 0.000001000. The molecule has 1 radical (unpaired) electrons. The standard InChI is InChI=1S/C3HBr2N3O2.K/c4-7-1-6-2(9)8(5)3(7)10;/h1H;. The van der Waals surface area contributed by atoms with Crippen LogP contribution in [-0.2, 0) is 0 Å². The molecule has 0 amide bonds. The van der Waals surface area contributed by atoms with Crippen LogP contribution in [0.25, 0.3) is 0 Å². The Morgan fingerprint density at radius 1 is 1.36 bits per heavy atom. The first-order valence-corrected chi connectivity index (χ1v) is 3.58. The van der Waals surface area contributed by atoms with Gasteiger partial charge >= 0.3 is 11.4 Å². The predicted octanol–water partition coefficient (Wildman–Crippen LogP) is -0.660. The zero-order chi connectivity index (χ0) is 7.72. The first-order valence-electron chi connectivity index (χ1n) is 2.16. The van der Waals surface area contributed by atoms with Crippen molar-refractivity contribution in [2.24, 2.45) is 0 Å². The van der Waals surface area contributed by atoms with Gasteiger partial charge in [0.05, 0.1) is 32.3 Å². The third kappa shape index (κ3) is 2.87. The van der Waals surface area contributed by atoms with Crippen LogP contribution in [0.4, 0.5) is 0 Å². The molecule has 1 aromatic heterocycles. The zero-order valence-corrected chi connectivity index (χ0v) is 11.8. The molecule has 0 aliphatic carbocycles. The minimum Gasteiger partial charge on any atom is -0.246 e. The van der Waals surface area contributed by atoms with E-state index in [-0.39, 0.29) is 51.4 Å². The number of hydrogen-bond acceptors (Lipinski definition) is 3.